The Hall–Kier alpha value is -1.64. The second-order valence-electron chi connectivity index (χ2n) is 4.24. The van der Waals surface area contributed by atoms with Gasteiger partial charge >= 0.3 is 5.97 Å². The van der Waals surface area contributed by atoms with Crippen LogP contribution < -0.4 is 0 Å². The number of aryl methyl sites for hydroxylation is 1. The molecule has 0 heterocycles. The zero-order valence-electron chi connectivity index (χ0n) is 8.93. The molecule has 16 heavy (non-hydrogen) atoms. The summed E-state index contributed by atoms with van der Waals surface area (Å²) in [6.45, 7) is 0. The van der Waals surface area contributed by atoms with Gasteiger partial charge in [-0.1, -0.05) is 24.3 Å². The van der Waals surface area contributed by atoms with Gasteiger partial charge in [-0.25, -0.2) is 0 Å². The summed E-state index contributed by atoms with van der Waals surface area (Å²) in [5.41, 5.74) is 2.41. The van der Waals surface area contributed by atoms with Gasteiger partial charge in [0.25, 0.3) is 0 Å². The van der Waals surface area contributed by atoms with E-state index in [4.69, 9.17) is 5.11 Å². The Morgan fingerprint density at radius 2 is 2.25 bits per heavy atom. The Balaban J connectivity index is 2.22. The fourth-order valence-electron chi connectivity index (χ4n) is 2.52. The molecule has 2 atom stereocenters. The molecule has 1 aromatic carbocycles. The van der Waals surface area contributed by atoms with E-state index in [9.17, 15) is 9.59 Å². The largest absolute Gasteiger partial charge is 0.481 e. The minimum absolute atomic E-state index is 0.0670. The molecule has 1 aliphatic rings. The molecule has 0 saturated carbocycles. The number of aliphatic carboxylic acids is 1. The first-order valence-electron chi connectivity index (χ1n) is 5.47. The third-order valence-corrected chi connectivity index (χ3v) is 3.28. The minimum Gasteiger partial charge on any atom is -0.481 e. The first-order chi connectivity index (χ1) is 7.72. The van der Waals surface area contributed by atoms with E-state index in [0.29, 0.717) is 0 Å². The monoisotopic (exact) mass is 218 g/mol. The summed E-state index contributed by atoms with van der Waals surface area (Å²) in [7, 11) is 0. The second-order valence-corrected chi connectivity index (χ2v) is 4.24. The summed E-state index contributed by atoms with van der Waals surface area (Å²) < 4.78 is 0. The van der Waals surface area contributed by atoms with Crippen molar-refractivity contribution in [1.29, 1.82) is 0 Å². The van der Waals surface area contributed by atoms with Crippen LogP contribution in [0.25, 0.3) is 0 Å². The molecule has 0 bridgehead atoms. The Labute approximate surface area is 94.1 Å². The Bertz CT molecular complexity index is 411. The zero-order valence-corrected chi connectivity index (χ0v) is 8.93. The van der Waals surface area contributed by atoms with E-state index >= 15 is 0 Å². The highest BCUT2D eigenvalue weighted by Gasteiger charge is 2.30. The van der Waals surface area contributed by atoms with E-state index in [0.717, 1.165) is 24.7 Å². The van der Waals surface area contributed by atoms with Gasteiger partial charge in [0, 0.05) is 5.92 Å². The average molecular weight is 218 g/mol. The number of carboxylic acids is 1. The standard InChI is InChI=1S/C13H14O3/c14-8-10(7-13(15)16)12-6-5-9-3-1-2-4-11(9)12/h1-4,8,10,12H,5-7H2,(H,15,16). The summed E-state index contributed by atoms with van der Waals surface area (Å²) in [5, 5.41) is 8.76. The molecule has 0 saturated heterocycles. The van der Waals surface area contributed by atoms with Crippen molar-refractivity contribution in [1.82, 2.24) is 0 Å². The number of carbonyl (C=O) groups is 2. The van der Waals surface area contributed by atoms with Crippen LogP contribution in [0.2, 0.25) is 0 Å². The van der Waals surface area contributed by atoms with Gasteiger partial charge in [0.2, 0.25) is 0 Å². The number of benzene rings is 1. The van der Waals surface area contributed by atoms with Crippen LogP contribution in [0.5, 0.6) is 0 Å². The van der Waals surface area contributed by atoms with E-state index in [1.807, 2.05) is 18.2 Å². The number of carbonyl (C=O) groups excluding carboxylic acids is 1. The number of rotatable bonds is 4. The van der Waals surface area contributed by atoms with Crippen molar-refractivity contribution in [3.05, 3.63) is 35.4 Å². The second kappa shape index (κ2) is 4.47. The lowest BCUT2D eigenvalue weighted by atomic mass is 9.86. The van der Waals surface area contributed by atoms with Crippen molar-refractivity contribution in [2.75, 3.05) is 0 Å². The highest BCUT2D eigenvalue weighted by Crippen LogP contribution is 2.38. The van der Waals surface area contributed by atoms with Crippen molar-refractivity contribution in [3.8, 4) is 0 Å². The van der Waals surface area contributed by atoms with Gasteiger partial charge in [0.1, 0.15) is 6.29 Å². The van der Waals surface area contributed by atoms with Crippen molar-refractivity contribution in [3.63, 3.8) is 0 Å². The maximum Gasteiger partial charge on any atom is 0.304 e. The highest BCUT2D eigenvalue weighted by molar-refractivity contribution is 5.72. The van der Waals surface area contributed by atoms with Crippen LogP contribution in [0, 0.1) is 5.92 Å². The third kappa shape index (κ3) is 1.98. The number of aldehydes is 1. The maximum absolute atomic E-state index is 11.0. The summed E-state index contributed by atoms with van der Waals surface area (Å²) >= 11 is 0. The van der Waals surface area contributed by atoms with Gasteiger partial charge < -0.3 is 9.90 Å². The van der Waals surface area contributed by atoms with Gasteiger partial charge in [0.15, 0.2) is 0 Å². The quantitative estimate of drug-likeness (QED) is 0.786. The Morgan fingerprint density at radius 1 is 1.50 bits per heavy atom. The fourth-order valence-corrected chi connectivity index (χ4v) is 2.52. The molecular formula is C13H14O3. The summed E-state index contributed by atoms with van der Waals surface area (Å²) in [4.78, 5) is 21.7. The van der Waals surface area contributed by atoms with E-state index < -0.39 is 5.97 Å². The molecule has 0 aliphatic heterocycles. The lowest BCUT2D eigenvalue weighted by molar-refractivity contribution is -0.139. The minimum atomic E-state index is -0.901. The predicted molar refractivity (Wildman–Crippen MR) is 59.3 cm³/mol. The molecule has 3 heteroatoms. The molecule has 3 nitrogen and oxygen atoms in total. The van der Waals surface area contributed by atoms with E-state index in [-0.39, 0.29) is 18.3 Å². The van der Waals surface area contributed by atoms with Gasteiger partial charge in [-0.05, 0) is 29.9 Å². The smallest absolute Gasteiger partial charge is 0.304 e. The van der Waals surface area contributed by atoms with Gasteiger partial charge in [-0.3, -0.25) is 4.79 Å². The van der Waals surface area contributed by atoms with Crippen molar-refractivity contribution < 1.29 is 14.7 Å². The topological polar surface area (TPSA) is 54.4 Å². The van der Waals surface area contributed by atoms with Crippen molar-refractivity contribution in [2.24, 2.45) is 5.92 Å². The molecule has 0 aromatic heterocycles. The summed E-state index contributed by atoms with van der Waals surface area (Å²) in [6, 6.07) is 7.98. The molecule has 0 radical (unpaired) electrons. The van der Waals surface area contributed by atoms with E-state index in [1.54, 1.807) is 0 Å². The van der Waals surface area contributed by atoms with Crippen molar-refractivity contribution >= 4 is 12.3 Å². The number of hydrogen-bond acceptors (Lipinski definition) is 2. The van der Waals surface area contributed by atoms with Gasteiger partial charge in [-0.15, -0.1) is 0 Å². The van der Waals surface area contributed by atoms with Gasteiger partial charge in [0.05, 0.1) is 6.42 Å². The summed E-state index contributed by atoms with van der Waals surface area (Å²) in [5.74, 6) is -1.20. The number of fused-ring (bicyclic) bond motifs is 1. The predicted octanol–water partition coefficient (Wildman–Crippen LogP) is 2.01. The van der Waals surface area contributed by atoms with Crippen LogP contribution in [0.15, 0.2) is 24.3 Å². The molecule has 2 rings (SSSR count). The molecule has 0 fully saturated rings. The van der Waals surface area contributed by atoms with Crippen LogP contribution in [0.3, 0.4) is 0 Å². The fraction of sp³-hybridized carbons (Fsp3) is 0.385. The molecule has 0 amide bonds. The first kappa shape index (κ1) is 10.9. The molecule has 0 spiro atoms. The zero-order chi connectivity index (χ0) is 11.5. The molecule has 84 valence electrons. The van der Waals surface area contributed by atoms with E-state index in [2.05, 4.69) is 6.07 Å². The third-order valence-electron chi connectivity index (χ3n) is 3.28. The molecule has 2 unspecified atom stereocenters. The molecular weight excluding hydrogens is 204 g/mol. The number of carboxylic acid groups (broad SMARTS) is 1. The lowest BCUT2D eigenvalue weighted by Gasteiger charge is -2.17. The first-order valence-corrected chi connectivity index (χ1v) is 5.47. The van der Waals surface area contributed by atoms with Crippen LogP contribution in [-0.4, -0.2) is 17.4 Å². The van der Waals surface area contributed by atoms with E-state index in [1.165, 1.54) is 5.56 Å². The SMILES string of the molecule is O=CC(CC(=O)O)C1CCc2ccccc21. The maximum atomic E-state index is 11.0. The van der Waals surface area contributed by atoms with Crippen LogP contribution >= 0.6 is 0 Å². The lowest BCUT2D eigenvalue weighted by Crippen LogP contribution is -2.16. The average Bonchev–Trinajstić information content (AvgIpc) is 2.69. The molecule has 1 aromatic rings. The van der Waals surface area contributed by atoms with Crippen LogP contribution in [0.1, 0.15) is 29.9 Å². The highest BCUT2D eigenvalue weighted by atomic mass is 16.4. The van der Waals surface area contributed by atoms with Crippen LogP contribution in [-0.2, 0) is 16.0 Å². The summed E-state index contributed by atoms with van der Waals surface area (Å²) in [6.07, 6.45) is 2.56. The normalized spacial score (nSPS) is 20.1. The number of hydrogen-bond donors (Lipinski definition) is 1. The van der Waals surface area contributed by atoms with Crippen molar-refractivity contribution in [2.45, 2.75) is 25.2 Å². The van der Waals surface area contributed by atoms with Crippen LogP contribution in [0.4, 0.5) is 0 Å². The van der Waals surface area contributed by atoms with Gasteiger partial charge in [-0.2, -0.15) is 0 Å². The Kier molecular flexibility index (Phi) is 3.04. The Morgan fingerprint density at radius 3 is 2.94 bits per heavy atom. The molecule has 1 N–H and O–H groups in total. The molecule has 1 aliphatic carbocycles.